The van der Waals surface area contributed by atoms with Gasteiger partial charge in [-0.2, -0.15) is 0 Å². The van der Waals surface area contributed by atoms with E-state index in [-0.39, 0.29) is 0 Å². The molecular formula is C7H7B. The van der Waals surface area contributed by atoms with Gasteiger partial charge in [-0.25, -0.2) is 0 Å². The fourth-order valence-corrected chi connectivity index (χ4v) is 0.589. The molecule has 0 N–H and O–H groups in total. The van der Waals surface area contributed by atoms with Crippen LogP contribution in [0, 0.1) is 0 Å². The summed E-state index contributed by atoms with van der Waals surface area (Å²) < 4.78 is 0. The van der Waals surface area contributed by atoms with Crippen molar-refractivity contribution in [1.82, 2.24) is 0 Å². The van der Waals surface area contributed by atoms with Crippen LogP contribution in [0.1, 0.15) is 5.56 Å². The molecule has 1 rings (SSSR count). The Morgan fingerprint density at radius 2 is 1.75 bits per heavy atom. The molecule has 0 fully saturated rings. The van der Waals surface area contributed by atoms with Crippen molar-refractivity contribution in [3.8, 4) is 0 Å². The molecule has 0 saturated carbocycles. The van der Waals surface area contributed by atoms with Gasteiger partial charge in [0.25, 0.3) is 0 Å². The fourth-order valence-electron chi connectivity index (χ4n) is 0.589. The van der Waals surface area contributed by atoms with Crippen molar-refractivity contribution in [2.45, 2.75) is 0 Å². The van der Waals surface area contributed by atoms with Crippen molar-refractivity contribution in [1.29, 1.82) is 0 Å². The Kier molecular flexibility index (Phi) is 1.63. The van der Waals surface area contributed by atoms with Gasteiger partial charge in [-0.1, -0.05) is 0 Å². The zero-order valence-electron chi connectivity index (χ0n) is 4.67. The van der Waals surface area contributed by atoms with Crippen LogP contribution in [-0.4, -0.2) is 13.5 Å². The molecule has 0 aliphatic rings. The topological polar surface area (TPSA) is 0 Å². The monoisotopic (exact) mass is 102 g/mol. The molecule has 0 heterocycles. The second kappa shape index (κ2) is 2.46. The molecule has 0 aliphatic heterocycles. The molecule has 1 aromatic rings. The summed E-state index contributed by atoms with van der Waals surface area (Å²) in [5.74, 6) is 1.83. The summed E-state index contributed by atoms with van der Waals surface area (Å²) in [4.78, 5) is 0. The standard InChI is InChI=1S/C7H7B/c8-6-7-4-2-1-3-5-7/h1-6,8H. The normalized spacial score (nSPS) is 8.38. The molecule has 0 aromatic heterocycles. The van der Waals surface area contributed by atoms with E-state index in [1.807, 2.05) is 36.3 Å². The second-order valence-electron chi connectivity index (χ2n) is 1.61. The number of hydrogen-bond donors (Lipinski definition) is 0. The minimum atomic E-state index is 1.17. The first kappa shape index (κ1) is 5.29. The van der Waals surface area contributed by atoms with E-state index in [0.29, 0.717) is 0 Å². The van der Waals surface area contributed by atoms with Crippen LogP contribution < -0.4 is 0 Å². The van der Waals surface area contributed by atoms with Gasteiger partial charge < -0.3 is 0 Å². The Hall–Kier alpha value is -0.845. The van der Waals surface area contributed by atoms with Crippen LogP contribution in [0.4, 0.5) is 0 Å². The fraction of sp³-hybridized carbons (Fsp3) is 0. The van der Waals surface area contributed by atoms with E-state index < -0.39 is 0 Å². The van der Waals surface area contributed by atoms with Crippen molar-refractivity contribution in [2.24, 2.45) is 0 Å². The molecule has 0 nitrogen and oxygen atoms in total. The van der Waals surface area contributed by atoms with Crippen LogP contribution in [0.2, 0.25) is 0 Å². The quantitative estimate of drug-likeness (QED) is 0.458. The van der Waals surface area contributed by atoms with Gasteiger partial charge in [0.05, 0.1) is 0 Å². The first-order chi connectivity index (χ1) is 3.93. The van der Waals surface area contributed by atoms with Crippen molar-refractivity contribution >= 4 is 13.5 Å². The molecule has 0 radical (unpaired) electrons. The van der Waals surface area contributed by atoms with Gasteiger partial charge >= 0.3 is 49.3 Å². The first-order valence-electron chi connectivity index (χ1n) is 2.61. The summed E-state index contributed by atoms with van der Waals surface area (Å²) in [7, 11) is 3.63. The molecule has 0 amide bonds. The molecule has 0 unspecified atom stereocenters. The van der Waals surface area contributed by atoms with Crippen LogP contribution in [0.15, 0.2) is 30.3 Å². The third kappa shape index (κ3) is 1.06. The Morgan fingerprint density at radius 3 is 2.12 bits per heavy atom. The van der Waals surface area contributed by atoms with Crippen molar-refractivity contribution in [2.75, 3.05) is 0 Å². The van der Waals surface area contributed by atoms with Crippen LogP contribution in [0.25, 0.3) is 0 Å². The predicted molar refractivity (Wildman–Crippen MR) is 38.8 cm³/mol. The third-order valence-electron chi connectivity index (χ3n) is 1.04. The zero-order chi connectivity index (χ0) is 5.82. The average molecular weight is 102 g/mol. The molecule has 0 saturated heterocycles. The maximum atomic E-state index is 3.63. The van der Waals surface area contributed by atoms with Crippen molar-refractivity contribution < 1.29 is 0 Å². The Morgan fingerprint density at radius 1 is 1.12 bits per heavy atom. The molecule has 0 atom stereocenters. The Bertz CT molecular complexity index is 167. The van der Waals surface area contributed by atoms with E-state index in [9.17, 15) is 0 Å². The van der Waals surface area contributed by atoms with E-state index in [1.54, 1.807) is 0 Å². The second-order valence-corrected chi connectivity index (χ2v) is 1.61. The maximum absolute atomic E-state index is 3.63. The van der Waals surface area contributed by atoms with E-state index in [4.69, 9.17) is 0 Å². The van der Waals surface area contributed by atoms with E-state index in [2.05, 4.69) is 7.49 Å². The van der Waals surface area contributed by atoms with E-state index >= 15 is 0 Å². The third-order valence-corrected chi connectivity index (χ3v) is 1.04. The number of hydrogen-bond acceptors (Lipinski definition) is 0. The molecule has 38 valence electrons. The summed E-state index contributed by atoms with van der Waals surface area (Å²) in [6.45, 7) is 0. The molecule has 1 heteroatoms. The Labute approximate surface area is 50.2 Å². The van der Waals surface area contributed by atoms with Gasteiger partial charge in [0.15, 0.2) is 0 Å². The van der Waals surface area contributed by atoms with Gasteiger partial charge in [0.1, 0.15) is 0 Å². The minimum absolute atomic E-state index is 1.17. The van der Waals surface area contributed by atoms with Crippen molar-refractivity contribution in [3.05, 3.63) is 35.9 Å². The number of rotatable bonds is 1. The summed E-state index contributed by atoms with van der Waals surface area (Å²) in [6, 6.07) is 10.0. The van der Waals surface area contributed by atoms with Gasteiger partial charge in [0, 0.05) is 0 Å². The summed E-state index contributed by atoms with van der Waals surface area (Å²) in [6.07, 6.45) is 0. The molecular weight excluding hydrogens is 94.9 g/mol. The summed E-state index contributed by atoms with van der Waals surface area (Å²) >= 11 is 0. The predicted octanol–water partition coefficient (Wildman–Crippen LogP) is 0.738. The van der Waals surface area contributed by atoms with Gasteiger partial charge in [-0.3, -0.25) is 0 Å². The number of benzene rings is 1. The molecule has 0 bridgehead atoms. The SMILES string of the molecule is B=Cc1ccccc1. The Balaban J connectivity index is 2.99. The van der Waals surface area contributed by atoms with Crippen LogP contribution >= 0.6 is 0 Å². The van der Waals surface area contributed by atoms with Crippen LogP contribution in [0.3, 0.4) is 0 Å². The van der Waals surface area contributed by atoms with E-state index in [0.717, 1.165) is 0 Å². The molecule has 1 aromatic carbocycles. The summed E-state index contributed by atoms with van der Waals surface area (Å²) in [5, 5.41) is 0. The van der Waals surface area contributed by atoms with Crippen molar-refractivity contribution in [3.63, 3.8) is 0 Å². The molecule has 0 spiro atoms. The average Bonchev–Trinajstić information content (AvgIpc) is 1.90. The zero-order valence-corrected chi connectivity index (χ0v) is 4.67. The van der Waals surface area contributed by atoms with Gasteiger partial charge in [0.2, 0.25) is 0 Å². The molecule has 8 heavy (non-hydrogen) atoms. The van der Waals surface area contributed by atoms with Gasteiger partial charge in [-0.05, 0) is 0 Å². The molecule has 0 aliphatic carbocycles. The van der Waals surface area contributed by atoms with E-state index in [1.165, 1.54) is 5.56 Å². The summed E-state index contributed by atoms with van der Waals surface area (Å²) in [5.41, 5.74) is 1.17. The van der Waals surface area contributed by atoms with Crippen LogP contribution in [0.5, 0.6) is 0 Å². The van der Waals surface area contributed by atoms with Crippen LogP contribution in [-0.2, 0) is 0 Å². The first-order valence-corrected chi connectivity index (χ1v) is 2.61. The van der Waals surface area contributed by atoms with Gasteiger partial charge in [-0.15, -0.1) is 0 Å².